The summed E-state index contributed by atoms with van der Waals surface area (Å²) in [6, 6.07) is 12.1. The van der Waals surface area contributed by atoms with E-state index in [9.17, 15) is 4.79 Å². The van der Waals surface area contributed by atoms with Crippen molar-refractivity contribution in [3.63, 3.8) is 0 Å². The summed E-state index contributed by atoms with van der Waals surface area (Å²) < 4.78 is 0. The normalized spacial score (nSPS) is 14.8. The number of carbonyl (C=O) groups excluding carboxylic acids is 1. The van der Waals surface area contributed by atoms with Gasteiger partial charge in [0.05, 0.1) is 16.3 Å². The number of hydrogen-bond acceptors (Lipinski definition) is 5. The van der Waals surface area contributed by atoms with E-state index in [2.05, 4.69) is 32.0 Å². The van der Waals surface area contributed by atoms with Crippen molar-refractivity contribution in [1.29, 1.82) is 0 Å². The van der Waals surface area contributed by atoms with E-state index in [1.807, 2.05) is 23.1 Å². The van der Waals surface area contributed by atoms with Gasteiger partial charge in [-0.1, -0.05) is 41.6 Å². The van der Waals surface area contributed by atoms with Crippen molar-refractivity contribution < 1.29 is 4.79 Å². The van der Waals surface area contributed by atoms with Crippen molar-refractivity contribution in [2.45, 2.75) is 5.16 Å². The number of H-pyrrole nitrogens is 1. The number of benzene rings is 1. The van der Waals surface area contributed by atoms with Crippen LogP contribution >= 0.6 is 23.4 Å². The van der Waals surface area contributed by atoms with Gasteiger partial charge in [-0.3, -0.25) is 4.79 Å². The highest BCUT2D eigenvalue weighted by atomic mass is 35.5. The number of aromatic amines is 1. The lowest BCUT2D eigenvalue weighted by atomic mass is 10.2. The molecule has 1 aromatic carbocycles. The molecule has 1 fully saturated rings. The lowest BCUT2D eigenvalue weighted by Gasteiger charge is -2.36. The Balaban J connectivity index is 1.31. The van der Waals surface area contributed by atoms with Crippen LogP contribution in [0.4, 0.5) is 5.69 Å². The summed E-state index contributed by atoms with van der Waals surface area (Å²) in [5, 5.41) is 1.25. The topological polar surface area (TPSA) is 65.1 Å². The number of rotatable bonds is 4. The lowest BCUT2D eigenvalue weighted by Crippen LogP contribution is -2.49. The third-order valence-corrected chi connectivity index (χ3v) is 5.43. The first-order valence-electron chi connectivity index (χ1n) is 8.41. The van der Waals surface area contributed by atoms with Crippen LogP contribution in [0.15, 0.2) is 47.8 Å². The van der Waals surface area contributed by atoms with E-state index in [4.69, 9.17) is 11.6 Å². The number of pyridine rings is 1. The second kappa shape index (κ2) is 7.55. The van der Waals surface area contributed by atoms with Crippen LogP contribution in [0.3, 0.4) is 0 Å². The summed E-state index contributed by atoms with van der Waals surface area (Å²) in [5.74, 6) is 0.493. The summed E-state index contributed by atoms with van der Waals surface area (Å²) in [6.45, 7) is 3.19. The number of carbonyl (C=O) groups is 1. The largest absolute Gasteiger partial charge is 0.368 e. The predicted octanol–water partition coefficient (Wildman–Crippen LogP) is 3.05. The summed E-state index contributed by atoms with van der Waals surface area (Å²) >= 11 is 7.33. The predicted molar refractivity (Wildman–Crippen MR) is 105 cm³/mol. The number of nitrogens with one attached hydrogen (secondary N) is 1. The highest BCUT2D eigenvalue weighted by Gasteiger charge is 2.21. The Hall–Kier alpha value is -2.25. The molecule has 3 aromatic rings. The Kier molecular flexibility index (Phi) is 4.99. The van der Waals surface area contributed by atoms with Crippen LogP contribution in [0, 0.1) is 0 Å². The Morgan fingerprint density at radius 1 is 1.19 bits per heavy atom. The monoisotopic (exact) mass is 387 g/mol. The van der Waals surface area contributed by atoms with Crippen LogP contribution in [0.5, 0.6) is 0 Å². The molecule has 1 aliphatic rings. The van der Waals surface area contributed by atoms with Gasteiger partial charge in [-0.05, 0) is 18.2 Å². The average Bonchev–Trinajstić information content (AvgIpc) is 3.09. The van der Waals surface area contributed by atoms with Crippen molar-refractivity contribution >= 4 is 46.1 Å². The molecule has 0 radical (unpaired) electrons. The van der Waals surface area contributed by atoms with Crippen LogP contribution in [0.25, 0.3) is 11.2 Å². The number of para-hydroxylation sites is 1. The maximum absolute atomic E-state index is 12.5. The van der Waals surface area contributed by atoms with Crippen LogP contribution in [-0.4, -0.2) is 57.7 Å². The van der Waals surface area contributed by atoms with Gasteiger partial charge in [0.15, 0.2) is 10.8 Å². The smallest absolute Gasteiger partial charge is 0.233 e. The third-order valence-electron chi connectivity index (χ3n) is 4.37. The van der Waals surface area contributed by atoms with E-state index >= 15 is 0 Å². The van der Waals surface area contributed by atoms with E-state index in [0.717, 1.165) is 31.7 Å². The quantitative estimate of drug-likeness (QED) is 0.697. The van der Waals surface area contributed by atoms with Crippen molar-refractivity contribution in [3.05, 3.63) is 47.6 Å². The molecular weight excluding hydrogens is 370 g/mol. The molecule has 0 unspecified atom stereocenters. The average molecular weight is 388 g/mol. The Bertz CT molecular complexity index is 908. The molecule has 0 spiro atoms. The molecule has 1 aliphatic heterocycles. The molecular formula is C18H18ClN5OS. The molecule has 134 valence electrons. The molecule has 2 aromatic heterocycles. The number of anilines is 1. The number of hydrogen-bond donors (Lipinski definition) is 1. The van der Waals surface area contributed by atoms with E-state index < -0.39 is 0 Å². The lowest BCUT2D eigenvalue weighted by molar-refractivity contribution is -0.128. The Morgan fingerprint density at radius 3 is 2.73 bits per heavy atom. The number of piperazine rings is 1. The number of fused-ring (bicyclic) bond motifs is 1. The molecule has 26 heavy (non-hydrogen) atoms. The van der Waals surface area contributed by atoms with Crippen molar-refractivity contribution in [2.75, 3.05) is 36.8 Å². The molecule has 0 saturated carbocycles. The van der Waals surface area contributed by atoms with Crippen LogP contribution in [-0.2, 0) is 4.79 Å². The summed E-state index contributed by atoms with van der Waals surface area (Å²) in [4.78, 5) is 28.4. The minimum absolute atomic E-state index is 0.133. The first-order chi connectivity index (χ1) is 12.7. The maximum atomic E-state index is 12.5. The van der Waals surface area contributed by atoms with E-state index in [1.165, 1.54) is 17.4 Å². The molecule has 0 atom stereocenters. The Morgan fingerprint density at radius 2 is 1.96 bits per heavy atom. The van der Waals surface area contributed by atoms with Crippen molar-refractivity contribution in [1.82, 2.24) is 19.9 Å². The fourth-order valence-electron chi connectivity index (χ4n) is 3.00. The molecule has 1 N–H and O–H groups in total. The molecule has 6 nitrogen and oxygen atoms in total. The molecule has 8 heteroatoms. The highest BCUT2D eigenvalue weighted by molar-refractivity contribution is 7.99. The molecule has 4 rings (SSSR count). The Labute approximate surface area is 160 Å². The highest BCUT2D eigenvalue weighted by Crippen LogP contribution is 2.21. The molecule has 0 bridgehead atoms. The zero-order chi connectivity index (χ0) is 17.9. The maximum Gasteiger partial charge on any atom is 0.233 e. The number of nitrogens with zero attached hydrogens (tertiary/aromatic N) is 4. The van der Waals surface area contributed by atoms with Crippen LogP contribution in [0.2, 0.25) is 5.02 Å². The zero-order valence-corrected chi connectivity index (χ0v) is 15.6. The first-order valence-corrected chi connectivity index (χ1v) is 9.77. The molecule has 1 saturated heterocycles. The van der Waals surface area contributed by atoms with Gasteiger partial charge in [-0.25, -0.2) is 9.97 Å². The third kappa shape index (κ3) is 3.78. The minimum atomic E-state index is 0.133. The molecule has 0 aliphatic carbocycles. The molecule has 3 heterocycles. The van der Waals surface area contributed by atoms with Gasteiger partial charge in [0, 0.05) is 38.1 Å². The number of amides is 1. The zero-order valence-electron chi connectivity index (χ0n) is 14.1. The summed E-state index contributed by atoms with van der Waals surface area (Å²) in [7, 11) is 0. The van der Waals surface area contributed by atoms with Crippen molar-refractivity contribution in [2.24, 2.45) is 0 Å². The SMILES string of the molecule is O=C(CSc1nc2ncc(Cl)cc2[nH]1)N1CCN(c2ccccc2)CC1. The van der Waals surface area contributed by atoms with Crippen LogP contribution in [0.1, 0.15) is 0 Å². The van der Waals surface area contributed by atoms with Gasteiger partial charge in [-0.15, -0.1) is 0 Å². The second-order valence-corrected chi connectivity index (χ2v) is 7.46. The minimum Gasteiger partial charge on any atom is -0.368 e. The fraction of sp³-hybridized carbons (Fsp3) is 0.278. The fourth-order valence-corrected chi connectivity index (χ4v) is 3.93. The van der Waals surface area contributed by atoms with Gasteiger partial charge in [0.1, 0.15) is 0 Å². The first kappa shape index (κ1) is 17.2. The van der Waals surface area contributed by atoms with Crippen molar-refractivity contribution in [3.8, 4) is 0 Å². The van der Waals surface area contributed by atoms with Gasteiger partial charge in [-0.2, -0.15) is 0 Å². The number of aromatic nitrogens is 3. The van der Waals surface area contributed by atoms with Gasteiger partial charge in [0.2, 0.25) is 5.91 Å². The number of thioether (sulfide) groups is 1. The van der Waals surface area contributed by atoms with Gasteiger partial charge in [0.25, 0.3) is 0 Å². The van der Waals surface area contributed by atoms with Gasteiger partial charge < -0.3 is 14.8 Å². The molecule has 1 amide bonds. The van der Waals surface area contributed by atoms with E-state index in [0.29, 0.717) is 21.6 Å². The van der Waals surface area contributed by atoms with Gasteiger partial charge >= 0.3 is 0 Å². The standard InChI is InChI=1S/C18H18ClN5OS/c19-13-10-15-17(20-11-13)22-18(21-15)26-12-16(25)24-8-6-23(7-9-24)14-4-2-1-3-5-14/h1-5,10-11H,6-9,12H2,(H,20,21,22). The van der Waals surface area contributed by atoms with E-state index in [1.54, 1.807) is 12.3 Å². The van der Waals surface area contributed by atoms with E-state index in [-0.39, 0.29) is 5.91 Å². The summed E-state index contributed by atoms with van der Waals surface area (Å²) in [5.41, 5.74) is 2.60. The number of halogens is 1. The summed E-state index contributed by atoms with van der Waals surface area (Å²) in [6.07, 6.45) is 1.57. The second-order valence-electron chi connectivity index (χ2n) is 6.06. The number of imidazole rings is 1. The van der Waals surface area contributed by atoms with Crippen LogP contribution < -0.4 is 4.90 Å².